The lowest BCUT2D eigenvalue weighted by molar-refractivity contribution is 0.485. The Morgan fingerprint density at radius 1 is 0.864 bits per heavy atom. The lowest BCUT2D eigenvalue weighted by Crippen LogP contribution is -2.19. The van der Waals surface area contributed by atoms with Gasteiger partial charge in [-0.2, -0.15) is 0 Å². The van der Waals surface area contributed by atoms with Gasteiger partial charge in [-0.25, -0.2) is 30.8 Å². The van der Waals surface area contributed by atoms with Gasteiger partial charge in [-0.1, -0.05) is 18.2 Å². The van der Waals surface area contributed by atoms with Crippen molar-refractivity contribution in [2.45, 2.75) is 9.79 Å². The molecule has 2 rings (SSSR count). The Labute approximate surface area is 125 Å². The summed E-state index contributed by atoms with van der Waals surface area (Å²) in [5.41, 5.74) is -0.367. The number of nitrogens with two attached hydrogens (primary N) is 1. The highest BCUT2D eigenvalue weighted by Crippen LogP contribution is 2.24. The Hall–Kier alpha value is -2.04. The van der Waals surface area contributed by atoms with Gasteiger partial charge in [-0.3, -0.25) is 4.72 Å². The van der Waals surface area contributed by atoms with E-state index >= 15 is 0 Å². The van der Waals surface area contributed by atoms with Crippen LogP contribution in [0.3, 0.4) is 0 Å². The zero-order chi connectivity index (χ0) is 16.5. The standard InChI is InChI=1S/C12H10F2N2O4S2/c13-8-4-3-7-11(12(8)14)22(19,20)16-9-5-1-2-6-10(9)21(15,17)18/h1-7,16H,(H2,15,17,18). The van der Waals surface area contributed by atoms with Crippen LogP contribution in [0.5, 0.6) is 0 Å². The minimum absolute atomic E-state index is 0.367. The Balaban J connectivity index is 2.54. The molecule has 0 aromatic heterocycles. The summed E-state index contributed by atoms with van der Waals surface area (Å²) in [5.74, 6) is -2.91. The van der Waals surface area contributed by atoms with Crippen LogP contribution in [0.25, 0.3) is 0 Å². The Bertz CT molecular complexity index is 928. The fraction of sp³-hybridized carbons (Fsp3) is 0. The van der Waals surface area contributed by atoms with Crippen LogP contribution in [0.2, 0.25) is 0 Å². The predicted molar refractivity (Wildman–Crippen MR) is 75.0 cm³/mol. The topological polar surface area (TPSA) is 106 Å². The van der Waals surface area contributed by atoms with Crippen LogP contribution in [0, 0.1) is 11.6 Å². The fourth-order valence-corrected chi connectivity index (χ4v) is 3.62. The molecule has 118 valence electrons. The Morgan fingerprint density at radius 2 is 1.45 bits per heavy atom. The van der Waals surface area contributed by atoms with Gasteiger partial charge in [0.05, 0.1) is 5.69 Å². The average Bonchev–Trinajstić information content (AvgIpc) is 2.40. The summed E-state index contributed by atoms with van der Waals surface area (Å²) in [7, 11) is -8.74. The molecule has 0 radical (unpaired) electrons. The SMILES string of the molecule is NS(=O)(=O)c1ccccc1NS(=O)(=O)c1cccc(F)c1F. The van der Waals surface area contributed by atoms with Crippen LogP contribution in [-0.2, 0) is 20.0 Å². The summed E-state index contributed by atoms with van der Waals surface area (Å²) in [5, 5.41) is 4.97. The quantitative estimate of drug-likeness (QED) is 0.871. The zero-order valence-electron chi connectivity index (χ0n) is 10.8. The van der Waals surface area contributed by atoms with Crippen LogP contribution in [0.4, 0.5) is 14.5 Å². The van der Waals surface area contributed by atoms with Gasteiger partial charge in [0.1, 0.15) is 9.79 Å². The number of rotatable bonds is 4. The predicted octanol–water partition coefficient (Wildman–Crippen LogP) is 1.41. The lowest BCUT2D eigenvalue weighted by Gasteiger charge is -2.12. The van der Waals surface area contributed by atoms with Gasteiger partial charge in [0.25, 0.3) is 10.0 Å². The van der Waals surface area contributed by atoms with Crippen LogP contribution in [0.15, 0.2) is 52.3 Å². The average molecular weight is 348 g/mol. The van der Waals surface area contributed by atoms with E-state index < -0.39 is 41.5 Å². The summed E-state index contributed by atoms with van der Waals surface area (Å²) in [6.45, 7) is 0. The minimum Gasteiger partial charge on any atom is -0.278 e. The normalized spacial score (nSPS) is 12.1. The van der Waals surface area contributed by atoms with Crippen LogP contribution in [-0.4, -0.2) is 16.8 Å². The molecule has 0 atom stereocenters. The molecule has 10 heteroatoms. The molecule has 2 aromatic rings. The number of anilines is 1. The molecule has 0 amide bonds. The number of sulfonamides is 2. The summed E-state index contributed by atoms with van der Waals surface area (Å²) >= 11 is 0. The van der Waals surface area contributed by atoms with Crippen LogP contribution >= 0.6 is 0 Å². The molecule has 0 heterocycles. The first kappa shape index (κ1) is 16.3. The number of benzene rings is 2. The number of nitrogens with one attached hydrogen (secondary N) is 1. The van der Waals surface area contributed by atoms with Crippen molar-refractivity contribution in [1.29, 1.82) is 0 Å². The van der Waals surface area contributed by atoms with E-state index in [1.54, 1.807) is 0 Å². The molecule has 22 heavy (non-hydrogen) atoms. The first-order valence-electron chi connectivity index (χ1n) is 5.71. The van der Waals surface area contributed by atoms with Crippen LogP contribution < -0.4 is 9.86 Å². The molecule has 0 saturated heterocycles. The van der Waals surface area contributed by atoms with Gasteiger partial charge >= 0.3 is 0 Å². The first-order valence-corrected chi connectivity index (χ1v) is 8.74. The van der Waals surface area contributed by atoms with Crippen molar-refractivity contribution in [3.63, 3.8) is 0 Å². The molecule has 0 saturated carbocycles. The molecule has 2 aromatic carbocycles. The molecule has 0 aliphatic heterocycles. The molecular formula is C12H10F2N2O4S2. The van der Waals surface area contributed by atoms with Crippen molar-refractivity contribution < 1.29 is 25.6 Å². The van der Waals surface area contributed by atoms with Crippen molar-refractivity contribution >= 4 is 25.7 Å². The number of primary sulfonamides is 1. The fourth-order valence-electron chi connectivity index (χ4n) is 1.69. The molecule has 0 unspecified atom stereocenters. The maximum absolute atomic E-state index is 13.6. The molecule has 0 aliphatic carbocycles. The smallest absolute Gasteiger partial charge is 0.264 e. The molecule has 6 nitrogen and oxygen atoms in total. The highest BCUT2D eigenvalue weighted by molar-refractivity contribution is 7.93. The van der Waals surface area contributed by atoms with E-state index in [2.05, 4.69) is 0 Å². The second kappa shape index (κ2) is 5.63. The van der Waals surface area contributed by atoms with Crippen molar-refractivity contribution in [1.82, 2.24) is 0 Å². The van der Waals surface area contributed by atoms with Crippen molar-refractivity contribution in [2.24, 2.45) is 5.14 Å². The second-order valence-electron chi connectivity index (χ2n) is 4.20. The van der Waals surface area contributed by atoms with E-state index in [1.807, 2.05) is 4.72 Å². The summed E-state index contributed by atoms with van der Waals surface area (Å²) in [6.07, 6.45) is 0. The molecule has 0 spiro atoms. The second-order valence-corrected chi connectivity index (χ2v) is 7.38. The number of halogens is 2. The number of hydrogen-bond donors (Lipinski definition) is 2. The summed E-state index contributed by atoms with van der Waals surface area (Å²) in [4.78, 5) is -1.44. The Kier molecular flexibility index (Phi) is 4.18. The van der Waals surface area contributed by atoms with Crippen molar-refractivity contribution in [3.05, 3.63) is 54.1 Å². The van der Waals surface area contributed by atoms with E-state index in [0.29, 0.717) is 0 Å². The van der Waals surface area contributed by atoms with Crippen molar-refractivity contribution in [3.8, 4) is 0 Å². The van der Waals surface area contributed by atoms with Gasteiger partial charge in [0.15, 0.2) is 11.6 Å². The maximum Gasteiger partial charge on any atom is 0.264 e. The first-order chi connectivity index (χ1) is 10.1. The third kappa shape index (κ3) is 3.24. The van der Waals surface area contributed by atoms with Gasteiger partial charge in [-0.05, 0) is 24.3 Å². The van der Waals surface area contributed by atoms with E-state index in [-0.39, 0.29) is 5.69 Å². The van der Waals surface area contributed by atoms with E-state index in [9.17, 15) is 25.6 Å². The van der Waals surface area contributed by atoms with Gasteiger partial charge < -0.3 is 0 Å². The summed E-state index contributed by atoms with van der Waals surface area (Å²) < 4.78 is 75.6. The monoisotopic (exact) mass is 348 g/mol. The van der Waals surface area contributed by atoms with E-state index in [4.69, 9.17) is 5.14 Å². The molecule has 0 fully saturated rings. The minimum atomic E-state index is -4.53. The molecule has 0 bridgehead atoms. The molecule has 0 aliphatic rings. The molecular weight excluding hydrogens is 338 g/mol. The highest BCUT2D eigenvalue weighted by Gasteiger charge is 2.24. The van der Waals surface area contributed by atoms with E-state index in [0.717, 1.165) is 30.3 Å². The third-order valence-corrected chi connectivity index (χ3v) is 5.00. The summed E-state index contributed by atoms with van der Waals surface area (Å²) in [6, 6.07) is 7.52. The molecule has 3 N–H and O–H groups in total. The maximum atomic E-state index is 13.6. The van der Waals surface area contributed by atoms with Gasteiger partial charge in [0, 0.05) is 0 Å². The zero-order valence-corrected chi connectivity index (χ0v) is 12.5. The number of hydrogen-bond acceptors (Lipinski definition) is 4. The van der Waals surface area contributed by atoms with Crippen molar-refractivity contribution in [2.75, 3.05) is 4.72 Å². The Morgan fingerprint density at radius 3 is 2.09 bits per heavy atom. The largest absolute Gasteiger partial charge is 0.278 e. The lowest BCUT2D eigenvalue weighted by atomic mass is 10.3. The third-order valence-electron chi connectivity index (χ3n) is 2.64. The van der Waals surface area contributed by atoms with Gasteiger partial charge in [0.2, 0.25) is 10.0 Å². The van der Waals surface area contributed by atoms with Gasteiger partial charge in [-0.15, -0.1) is 0 Å². The van der Waals surface area contributed by atoms with Crippen LogP contribution in [0.1, 0.15) is 0 Å². The number of para-hydroxylation sites is 1. The highest BCUT2D eigenvalue weighted by atomic mass is 32.2. The van der Waals surface area contributed by atoms with E-state index in [1.165, 1.54) is 12.1 Å².